The van der Waals surface area contributed by atoms with Gasteiger partial charge < -0.3 is 5.32 Å². The van der Waals surface area contributed by atoms with Crippen molar-refractivity contribution in [2.45, 2.75) is 13.0 Å². The van der Waals surface area contributed by atoms with Crippen molar-refractivity contribution in [1.82, 2.24) is 14.9 Å². The summed E-state index contributed by atoms with van der Waals surface area (Å²) in [6, 6.07) is 4.97. The Bertz CT molecular complexity index is 450. The second kappa shape index (κ2) is 4.67. The number of aryl methyl sites for hydroxylation is 1. The van der Waals surface area contributed by atoms with Gasteiger partial charge in [-0.15, -0.1) is 5.10 Å². The van der Waals surface area contributed by atoms with E-state index in [1.54, 1.807) is 6.20 Å². The van der Waals surface area contributed by atoms with Crippen LogP contribution >= 0.6 is 11.5 Å². The Morgan fingerprint density at radius 2 is 2.19 bits per heavy atom. The van der Waals surface area contributed by atoms with Gasteiger partial charge in [0.2, 0.25) is 0 Å². The zero-order chi connectivity index (χ0) is 11.5. The lowest BCUT2D eigenvalue weighted by molar-refractivity contribution is 0.616. The second-order valence-corrected chi connectivity index (χ2v) is 4.42. The van der Waals surface area contributed by atoms with Crippen LogP contribution in [0.3, 0.4) is 0 Å². The van der Waals surface area contributed by atoms with Gasteiger partial charge >= 0.3 is 0 Å². The molecule has 1 aromatic carbocycles. The average Bonchev–Trinajstić information content (AvgIpc) is 2.70. The Kier molecular flexibility index (Phi) is 3.26. The number of nitrogens with zero attached hydrogens (tertiary/aromatic N) is 2. The molecule has 0 aliphatic rings. The van der Waals surface area contributed by atoms with E-state index in [0.717, 1.165) is 16.0 Å². The van der Waals surface area contributed by atoms with Crippen LogP contribution in [0.5, 0.6) is 0 Å². The number of rotatable bonds is 3. The van der Waals surface area contributed by atoms with Gasteiger partial charge in [0.25, 0.3) is 0 Å². The highest BCUT2D eigenvalue weighted by atomic mass is 32.1. The van der Waals surface area contributed by atoms with Crippen LogP contribution in [0.15, 0.2) is 24.4 Å². The molecule has 5 heteroatoms. The maximum Gasteiger partial charge on any atom is 0.123 e. The van der Waals surface area contributed by atoms with E-state index in [4.69, 9.17) is 0 Å². The minimum Gasteiger partial charge on any atom is -0.309 e. The van der Waals surface area contributed by atoms with Crippen molar-refractivity contribution >= 4 is 11.5 Å². The van der Waals surface area contributed by atoms with Crippen molar-refractivity contribution in [2.75, 3.05) is 7.05 Å². The van der Waals surface area contributed by atoms with Gasteiger partial charge in [0, 0.05) is 0 Å². The van der Waals surface area contributed by atoms with Crippen LogP contribution in [0.2, 0.25) is 0 Å². The third-order valence-electron chi connectivity index (χ3n) is 2.35. The molecule has 1 aromatic heterocycles. The van der Waals surface area contributed by atoms with Crippen LogP contribution in [-0.4, -0.2) is 16.6 Å². The molecule has 16 heavy (non-hydrogen) atoms. The Morgan fingerprint density at radius 3 is 2.75 bits per heavy atom. The molecule has 1 N–H and O–H groups in total. The lowest BCUT2D eigenvalue weighted by Gasteiger charge is -2.14. The van der Waals surface area contributed by atoms with Crippen molar-refractivity contribution in [3.8, 4) is 0 Å². The normalized spacial score (nSPS) is 12.7. The fourth-order valence-corrected chi connectivity index (χ4v) is 2.35. The van der Waals surface area contributed by atoms with Crippen molar-refractivity contribution in [3.05, 3.63) is 46.2 Å². The number of hydrogen-bond acceptors (Lipinski definition) is 4. The Labute approximate surface area is 97.5 Å². The summed E-state index contributed by atoms with van der Waals surface area (Å²) in [5, 5.41) is 6.94. The van der Waals surface area contributed by atoms with E-state index in [9.17, 15) is 4.39 Å². The molecule has 2 aromatic rings. The van der Waals surface area contributed by atoms with E-state index in [0.29, 0.717) is 0 Å². The van der Waals surface area contributed by atoms with Gasteiger partial charge in [-0.25, -0.2) is 4.39 Å². The molecule has 1 unspecified atom stereocenters. The predicted octanol–water partition coefficient (Wildman–Crippen LogP) is 2.29. The maximum absolute atomic E-state index is 13.3. The third kappa shape index (κ3) is 2.25. The van der Waals surface area contributed by atoms with E-state index in [-0.39, 0.29) is 11.9 Å². The molecule has 1 heterocycles. The second-order valence-electron chi connectivity index (χ2n) is 3.60. The van der Waals surface area contributed by atoms with Crippen LogP contribution in [0.1, 0.15) is 22.0 Å². The molecule has 2 rings (SSSR count). The smallest absolute Gasteiger partial charge is 0.123 e. The summed E-state index contributed by atoms with van der Waals surface area (Å²) >= 11 is 1.32. The van der Waals surface area contributed by atoms with Gasteiger partial charge in [0.05, 0.1) is 17.1 Å². The molecule has 0 aliphatic heterocycles. The highest BCUT2D eigenvalue weighted by Gasteiger charge is 2.15. The van der Waals surface area contributed by atoms with Crippen molar-refractivity contribution in [1.29, 1.82) is 0 Å². The Hall–Kier alpha value is -1.33. The summed E-state index contributed by atoms with van der Waals surface area (Å²) in [4.78, 5) is 0.979. The van der Waals surface area contributed by atoms with Gasteiger partial charge in [-0.1, -0.05) is 10.6 Å². The summed E-state index contributed by atoms with van der Waals surface area (Å²) < 4.78 is 17.1. The summed E-state index contributed by atoms with van der Waals surface area (Å²) in [6.45, 7) is 1.88. The number of halogens is 1. The fraction of sp³-hybridized carbons (Fsp3) is 0.273. The monoisotopic (exact) mass is 237 g/mol. The van der Waals surface area contributed by atoms with Crippen LogP contribution < -0.4 is 5.32 Å². The summed E-state index contributed by atoms with van der Waals surface area (Å²) in [7, 11) is 1.84. The molecular weight excluding hydrogens is 225 g/mol. The molecular formula is C11H12FN3S. The van der Waals surface area contributed by atoms with E-state index in [1.165, 1.54) is 23.7 Å². The van der Waals surface area contributed by atoms with Crippen molar-refractivity contribution in [3.63, 3.8) is 0 Å². The summed E-state index contributed by atoms with van der Waals surface area (Å²) in [5.41, 5.74) is 1.80. The average molecular weight is 237 g/mol. The quantitative estimate of drug-likeness (QED) is 0.890. The first-order valence-electron chi connectivity index (χ1n) is 4.92. The summed E-state index contributed by atoms with van der Waals surface area (Å²) in [5.74, 6) is -0.215. The highest BCUT2D eigenvalue weighted by Crippen LogP contribution is 2.24. The van der Waals surface area contributed by atoms with Gasteiger partial charge in [-0.2, -0.15) is 0 Å². The first-order valence-corrected chi connectivity index (χ1v) is 5.69. The molecule has 84 valence electrons. The van der Waals surface area contributed by atoms with Gasteiger partial charge in [-0.3, -0.25) is 0 Å². The molecule has 1 atom stereocenters. The van der Waals surface area contributed by atoms with Crippen molar-refractivity contribution < 1.29 is 4.39 Å². The Morgan fingerprint density at radius 1 is 1.38 bits per heavy atom. The van der Waals surface area contributed by atoms with Gasteiger partial charge in [0.15, 0.2) is 0 Å². The molecule has 0 fully saturated rings. The first-order chi connectivity index (χ1) is 7.70. The van der Waals surface area contributed by atoms with Crippen LogP contribution in [0, 0.1) is 12.7 Å². The maximum atomic E-state index is 13.3. The SMILES string of the molecule is CNC(c1cc(C)cc(F)c1)c1cnns1. The highest BCUT2D eigenvalue weighted by molar-refractivity contribution is 7.05. The standard InChI is InChI=1S/C11H12FN3S/c1-7-3-8(5-9(12)4-7)11(13-2)10-6-14-15-16-10/h3-6,11,13H,1-2H3. The van der Waals surface area contributed by atoms with E-state index < -0.39 is 0 Å². The van der Waals surface area contributed by atoms with E-state index in [1.807, 2.05) is 20.0 Å². The summed E-state index contributed by atoms with van der Waals surface area (Å²) in [6.07, 6.45) is 1.70. The molecule has 0 aliphatic carbocycles. The zero-order valence-corrected chi connectivity index (χ0v) is 9.88. The van der Waals surface area contributed by atoms with Crippen LogP contribution in [0.25, 0.3) is 0 Å². The van der Waals surface area contributed by atoms with Crippen LogP contribution in [-0.2, 0) is 0 Å². The molecule has 0 amide bonds. The fourth-order valence-electron chi connectivity index (χ4n) is 1.71. The molecule has 0 radical (unpaired) electrons. The lowest BCUT2D eigenvalue weighted by atomic mass is 10.0. The third-order valence-corrected chi connectivity index (χ3v) is 3.08. The van der Waals surface area contributed by atoms with E-state index in [2.05, 4.69) is 14.9 Å². The Balaban J connectivity index is 2.41. The molecule has 0 bridgehead atoms. The van der Waals surface area contributed by atoms with Crippen LogP contribution in [0.4, 0.5) is 4.39 Å². The molecule has 3 nitrogen and oxygen atoms in total. The minimum absolute atomic E-state index is 0.0469. The molecule has 0 saturated heterocycles. The molecule has 0 spiro atoms. The van der Waals surface area contributed by atoms with Crippen molar-refractivity contribution in [2.24, 2.45) is 0 Å². The number of hydrogen-bond donors (Lipinski definition) is 1. The van der Waals surface area contributed by atoms with Gasteiger partial charge in [0.1, 0.15) is 5.82 Å². The molecule has 0 saturated carbocycles. The minimum atomic E-state index is -0.215. The number of nitrogens with one attached hydrogen (secondary N) is 1. The predicted molar refractivity (Wildman–Crippen MR) is 61.9 cm³/mol. The first kappa shape index (κ1) is 11.2. The van der Waals surface area contributed by atoms with Gasteiger partial charge in [-0.05, 0) is 48.8 Å². The van der Waals surface area contributed by atoms with E-state index >= 15 is 0 Å². The topological polar surface area (TPSA) is 37.8 Å². The zero-order valence-electron chi connectivity index (χ0n) is 9.07. The number of benzene rings is 1. The largest absolute Gasteiger partial charge is 0.309 e. The lowest BCUT2D eigenvalue weighted by Crippen LogP contribution is -2.16. The number of aromatic nitrogens is 2.